The van der Waals surface area contributed by atoms with Crippen molar-refractivity contribution in [2.75, 3.05) is 24.7 Å². The molecule has 0 N–H and O–H groups in total. The van der Waals surface area contributed by atoms with Crippen molar-refractivity contribution in [3.05, 3.63) is 16.7 Å². The molecule has 5 heteroatoms. The normalized spacial score (nSPS) is 20.3. The molecule has 1 aliphatic heterocycles. The third kappa shape index (κ3) is 3.14. The number of hydrogen-bond acceptors (Lipinski definition) is 4. The molecule has 0 aliphatic carbocycles. The van der Waals surface area contributed by atoms with E-state index in [0.29, 0.717) is 6.04 Å². The Hall–Kier alpha value is -0.810. The predicted octanol–water partition coefficient (Wildman–Crippen LogP) is 2.86. The Morgan fingerprint density at radius 3 is 3.00 bits per heavy atom. The summed E-state index contributed by atoms with van der Waals surface area (Å²) in [6, 6.07) is 2.30. The van der Waals surface area contributed by atoms with Crippen LogP contribution in [0.5, 0.6) is 5.75 Å². The van der Waals surface area contributed by atoms with E-state index in [4.69, 9.17) is 9.47 Å². The van der Waals surface area contributed by atoms with Crippen LogP contribution in [0, 0.1) is 0 Å². The number of hydrogen-bond donors (Lipinski definition) is 0. The number of anilines is 1. The monoisotopic (exact) mass is 314 g/mol. The maximum Gasteiger partial charge on any atom is 0.171 e. The summed E-state index contributed by atoms with van der Waals surface area (Å²) in [6.45, 7) is 8.51. The highest BCUT2D eigenvalue weighted by molar-refractivity contribution is 9.10. The van der Waals surface area contributed by atoms with E-state index >= 15 is 0 Å². The lowest BCUT2D eigenvalue weighted by Crippen LogP contribution is -2.44. The molecule has 100 valence electrons. The largest absolute Gasteiger partial charge is 0.487 e. The Balaban J connectivity index is 2.30. The van der Waals surface area contributed by atoms with Crippen LogP contribution in [0.1, 0.15) is 20.8 Å². The molecule has 4 nitrogen and oxygen atoms in total. The molecule has 18 heavy (non-hydrogen) atoms. The second kappa shape index (κ2) is 5.89. The van der Waals surface area contributed by atoms with E-state index in [1.165, 1.54) is 0 Å². The number of nitrogens with zero attached hydrogens (tertiary/aromatic N) is 2. The van der Waals surface area contributed by atoms with Gasteiger partial charge in [-0.2, -0.15) is 0 Å². The highest BCUT2D eigenvalue weighted by atomic mass is 79.9. The van der Waals surface area contributed by atoms with Crippen LogP contribution in [0.2, 0.25) is 0 Å². The van der Waals surface area contributed by atoms with Gasteiger partial charge in [0.2, 0.25) is 0 Å². The van der Waals surface area contributed by atoms with Crippen molar-refractivity contribution in [1.29, 1.82) is 0 Å². The van der Waals surface area contributed by atoms with Crippen LogP contribution in [0.3, 0.4) is 0 Å². The zero-order chi connectivity index (χ0) is 13.1. The predicted molar refractivity (Wildman–Crippen MR) is 75.3 cm³/mol. The van der Waals surface area contributed by atoms with Crippen molar-refractivity contribution < 1.29 is 9.47 Å². The highest BCUT2D eigenvalue weighted by Crippen LogP contribution is 2.31. The minimum absolute atomic E-state index is 0.135. The molecule has 0 radical (unpaired) electrons. The molecule has 0 aromatic carbocycles. The first-order valence-corrected chi connectivity index (χ1v) is 7.04. The number of ether oxygens (including phenoxy) is 2. The van der Waals surface area contributed by atoms with Crippen LogP contribution in [0.25, 0.3) is 0 Å². The van der Waals surface area contributed by atoms with Gasteiger partial charge in [-0.05, 0) is 42.8 Å². The quantitative estimate of drug-likeness (QED) is 0.859. The fraction of sp³-hybridized carbons (Fsp3) is 0.615. The van der Waals surface area contributed by atoms with Gasteiger partial charge in [-0.3, -0.25) is 0 Å². The van der Waals surface area contributed by atoms with Gasteiger partial charge in [0.1, 0.15) is 0 Å². The van der Waals surface area contributed by atoms with Gasteiger partial charge >= 0.3 is 0 Å². The summed E-state index contributed by atoms with van der Waals surface area (Å²) < 4.78 is 12.2. The van der Waals surface area contributed by atoms with Crippen LogP contribution in [-0.2, 0) is 4.74 Å². The molecule has 0 spiro atoms. The fourth-order valence-electron chi connectivity index (χ4n) is 2.01. The molecule has 1 fully saturated rings. The molecule has 1 aromatic rings. The molecule has 1 aliphatic rings. The summed E-state index contributed by atoms with van der Waals surface area (Å²) >= 11 is 3.44. The first-order chi connectivity index (χ1) is 8.58. The summed E-state index contributed by atoms with van der Waals surface area (Å²) in [6.07, 6.45) is 1.95. The second-order valence-electron chi connectivity index (χ2n) is 4.76. The highest BCUT2D eigenvalue weighted by Gasteiger charge is 2.23. The van der Waals surface area contributed by atoms with Crippen LogP contribution < -0.4 is 9.64 Å². The van der Waals surface area contributed by atoms with Gasteiger partial charge in [-0.1, -0.05) is 0 Å². The number of aromatic nitrogens is 1. The molecule has 0 unspecified atom stereocenters. The van der Waals surface area contributed by atoms with E-state index in [1.54, 1.807) is 0 Å². The third-order valence-corrected chi connectivity index (χ3v) is 3.24. The molecule has 0 bridgehead atoms. The molecule has 0 saturated carbocycles. The topological polar surface area (TPSA) is 34.6 Å². The Morgan fingerprint density at radius 1 is 1.56 bits per heavy atom. The fourth-order valence-corrected chi connectivity index (χ4v) is 2.32. The maximum absolute atomic E-state index is 5.85. The average molecular weight is 315 g/mol. The number of pyridine rings is 1. The number of morpholine rings is 1. The van der Waals surface area contributed by atoms with Gasteiger partial charge in [-0.15, -0.1) is 0 Å². The van der Waals surface area contributed by atoms with E-state index in [2.05, 4.69) is 32.7 Å². The Bertz CT molecular complexity index is 412. The third-order valence-electron chi connectivity index (χ3n) is 2.80. The lowest BCUT2D eigenvalue weighted by atomic mass is 10.2. The first kappa shape index (κ1) is 13.6. The Kier molecular flexibility index (Phi) is 4.45. The van der Waals surface area contributed by atoms with Crippen LogP contribution in [-0.4, -0.2) is 36.9 Å². The van der Waals surface area contributed by atoms with Gasteiger partial charge in [-0.25, -0.2) is 4.98 Å². The smallest absolute Gasteiger partial charge is 0.171 e. The van der Waals surface area contributed by atoms with Crippen LogP contribution >= 0.6 is 15.9 Å². The van der Waals surface area contributed by atoms with Crippen molar-refractivity contribution in [1.82, 2.24) is 4.98 Å². The summed E-state index contributed by atoms with van der Waals surface area (Å²) in [5, 5.41) is 0. The summed E-state index contributed by atoms with van der Waals surface area (Å²) in [5.74, 6) is 1.73. The summed E-state index contributed by atoms with van der Waals surface area (Å²) in [4.78, 5) is 6.75. The number of rotatable bonds is 3. The van der Waals surface area contributed by atoms with Crippen molar-refractivity contribution in [2.45, 2.75) is 32.9 Å². The zero-order valence-corrected chi connectivity index (χ0v) is 12.6. The van der Waals surface area contributed by atoms with Crippen LogP contribution in [0.15, 0.2) is 16.7 Å². The zero-order valence-electron chi connectivity index (χ0n) is 11.0. The molecule has 1 atom stereocenters. The van der Waals surface area contributed by atoms with Crippen molar-refractivity contribution in [3.8, 4) is 5.75 Å². The molecule has 1 saturated heterocycles. The van der Waals surface area contributed by atoms with E-state index < -0.39 is 0 Å². The van der Waals surface area contributed by atoms with E-state index in [0.717, 1.165) is 35.8 Å². The molecule has 2 rings (SSSR count). The van der Waals surface area contributed by atoms with Gasteiger partial charge in [0, 0.05) is 17.2 Å². The van der Waals surface area contributed by atoms with E-state index in [9.17, 15) is 0 Å². The average Bonchev–Trinajstić information content (AvgIpc) is 2.30. The molecule has 2 heterocycles. The Morgan fingerprint density at radius 2 is 2.33 bits per heavy atom. The van der Waals surface area contributed by atoms with Crippen molar-refractivity contribution in [2.24, 2.45) is 0 Å². The SMILES string of the molecule is CC(C)Oc1cc(Br)cnc1N1CCOC[C@@H]1C. The first-order valence-electron chi connectivity index (χ1n) is 6.24. The van der Waals surface area contributed by atoms with E-state index in [1.807, 2.05) is 26.1 Å². The van der Waals surface area contributed by atoms with E-state index in [-0.39, 0.29) is 6.10 Å². The molecule has 1 aromatic heterocycles. The van der Waals surface area contributed by atoms with Crippen molar-refractivity contribution >= 4 is 21.7 Å². The maximum atomic E-state index is 5.85. The lowest BCUT2D eigenvalue weighted by molar-refractivity contribution is 0.0979. The van der Waals surface area contributed by atoms with Crippen molar-refractivity contribution in [3.63, 3.8) is 0 Å². The van der Waals surface area contributed by atoms with Gasteiger partial charge in [0.25, 0.3) is 0 Å². The summed E-state index contributed by atoms with van der Waals surface area (Å²) in [7, 11) is 0. The second-order valence-corrected chi connectivity index (χ2v) is 5.67. The van der Waals surface area contributed by atoms with Gasteiger partial charge in [0.05, 0.1) is 25.4 Å². The van der Waals surface area contributed by atoms with Crippen LogP contribution in [0.4, 0.5) is 5.82 Å². The molecular weight excluding hydrogens is 296 g/mol. The number of halogens is 1. The molecular formula is C13H19BrN2O2. The Labute approximate surface area is 116 Å². The lowest BCUT2D eigenvalue weighted by Gasteiger charge is -2.35. The van der Waals surface area contributed by atoms with Gasteiger partial charge in [0.15, 0.2) is 11.6 Å². The standard InChI is InChI=1S/C13H19BrN2O2/c1-9(2)18-12-6-11(14)7-15-13(12)16-4-5-17-8-10(16)3/h6-7,9-10H,4-5,8H2,1-3H3/t10-/m0/s1. The van der Waals surface area contributed by atoms with Gasteiger partial charge < -0.3 is 14.4 Å². The minimum Gasteiger partial charge on any atom is -0.487 e. The summed E-state index contributed by atoms with van der Waals surface area (Å²) in [5.41, 5.74) is 0. The minimum atomic E-state index is 0.135. The molecule has 0 amide bonds.